The van der Waals surface area contributed by atoms with Crippen LogP contribution in [0.2, 0.25) is 0 Å². The van der Waals surface area contributed by atoms with Gasteiger partial charge >= 0.3 is 0 Å². The van der Waals surface area contributed by atoms with E-state index >= 15 is 0 Å². The molecule has 1 atom stereocenters. The number of hydrogen-bond donors (Lipinski definition) is 2. The first-order valence-corrected chi connectivity index (χ1v) is 11.5. The number of nitrogens with one attached hydrogen (secondary N) is 2. The maximum atomic E-state index is 5.68. The number of likely N-dealkylation sites (tertiary alicyclic amines) is 1. The number of aliphatic imine (C=N–C) groups is 1. The van der Waals surface area contributed by atoms with Gasteiger partial charge in [0.05, 0.1) is 19.8 Å². The number of rotatable bonds is 11. The number of guanidine groups is 1. The third kappa shape index (κ3) is 10.9. The minimum atomic E-state index is 0. The monoisotopic (exact) mass is 546 g/mol. The number of nitrogens with zero attached hydrogens (tertiary/aromatic N) is 2. The van der Waals surface area contributed by atoms with Crippen molar-refractivity contribution in [1.29, 1.82) is 0 Å². The molecule has 178 valence electrons. The van der Waals surface area contributed by atoms with Crippen LogP contribution in [0.25, 0.3) is 0 Å². The molecule has 1 fully saturated rings. The first-order chi connectivity index (χ1) is 14.5. The van der Waals surface area contributed by atoms with Crippen molar-refractivity contribution < 1.29 is 9.47 Å². The van der Waals surface area contributed by atoms with Gasteiger partial charge in [0.1, 0.15) is 5.75 Å². The molecular formula is C24H43IN4O2. The van der Waals surface area contributed by atoms with Crippen LogP contribution in [0.3, 0.4) is 0 Å². The zero-order chi connectivity index (χ0) is 21.8. The van der Waals surface area contributed by atoms with E-state index in [2.05, 4.69) is 55.4 Å². The van der Waals surface area contributed by atoms with Crippen LogP contribution in [0.4, 0.5) is 0 Å². The van der Waals surface area contributed by atoms with E-state index < -0.39 is 0 Å². The molecule has 1 aromatic carbocycles. The van der Waals surface area contributed by atoms with E-state index in [1.807, 2.05) is 12.1 Å². The first kappa shape index (κ1) is 28.0. The molecule has 1 aliphatic rings. The Morgan fingerprint density at radius 2 is 1.84 bits per heavy atom. The van der Waals surface area contributed by atoms with Crippen molar-refractivity contribution in [2.75, 3.05) is 46.4 Å². The molecular weight excluding hydrogens is 503 g/mol. The van der Waals surface area contributed by atoms with Gasteiger partial charge in [-0.2, -0.15) is 0 Å². The lowest BCUT2D eigenvalue weighted by Crippen LogP contribution is -2.49. The van der Waals surface area contributed by atoms with Crippen LogP contribution in [0.15, 0.2) is 29.3 Å². The molecule has 0 amide bonds. The predicted molar refractivity (Wildman–Crippen MR) is 141 cm³/mol. The Morgan fingerprint density at radius 3 is 2.42 bits per heavy atom. The van der Waals surface area contributed by atoms with Crippen LogP contribution in [-0.4, -0.2) is 69.4 Å². The van der Waals surface area contributed by atoms with E-state index in [9.17, 15) is 0 Å². The van der Waals surface area contributed by atoms with Crippen molar-refractivity contribution in [3.8, 4) is 5.75 Å². The summed E-state index contributed by atoms with van der Waals surface area (Å²) in [6.07, 6.45) is 3.63. The molecule has 31 heavy (non-hydrogen) atoms. The van der Waals surface area contributed by atoms with E-state index in [-0.39, 0.29) is 24.0 Å². The van der Waals surface area contributed by atoms with Gasteiger partial charge in [-0.25, -0.2) is 0 Å². The minimum absolute atomic E-state index is 0. The molecule has 1 heterocycles. The summed E-state index contributed by atoms with van der Waals surface area (Å²) >= 11 is 0. The maximum Gasteiger partial charge on any atom is 0.191 e. The molecule has 0 aliphatic carbocycles. The summed E-state index contributed by atoms with van der Waals surface area (Å²) in [6, 6.07) is 8.85. The summed E-state index contributed by atoms with van der Waals surface area (Å²) in [5.41, 5.74) is 1.33. The quantitative estimate of drug-likeness (QED) is 0.247. The minimum Gasteiger partial charge on any atom is -0.497 e. The smallest absolute Gasteiger partial charge is 0.191 e. The zero-order valence-electron chi connectivity index (χ0n) is 20.0. The highest BCUT2D eigenvalue weighted by Crippen LogP contribution is 2.21. The van der Waals surface area contributed by atoms with Crippen LogP contribution >= 0.6 is 24.0 Å². The SMILES string of the molecule is CCNC(=NCCC(C)c1ccc(OC)cc1)NC1CCN(CCOC(C)C)CC1.I. The molecule has 6 nitrogen and oxygen atoms in total. The summed E-state index contributed by atoms with van der Waals surface area (Å²) < 4.78 is 10.9. The van der Waals surface area contributed by atoms with E-state index in [0.29, 0.717) is 18.1 Å². The van der Waals surface area contributed by atoms with E-state index in [4.69, 9.17) is 14.5 Å². The lowest BCUT2D eigenvalue weighted by atomic mass is 9.98. The molecule has 2 N–H and O–H groups in total. The highest BCUT2D eigenvalue weighted by Gasteiger charge is 2.19. The summed E-state index contributed by atoms with van der Waals surface area (Å²) in [7, 11) is 1.70. The molecule has 1 aromatic rings. The largest absolute Gasteiger partial charge is 0.497 e. The topological polar surface area (TPSA) is 58.1 Å². The molecule has 0 radical (unpaired) electrons. The van der Waals surface area contributed by atoms with Crippen LogP contribution < -0.4 is 15.4 Å². The second kappa shape index (κ2) is 15.7. The van der Waals surface area contributed by atoms with Gasteiger partial charge in [-0.3, -0.25) is 4.99 Å². The van der Waals surface area contributed by atoms with Gasteiger partial charge < -0.3 is 25.0 Å². The average molecular weight is 547 g/mol. The van der Waals surface area contributed by atoms with Crippen molar-refractivity contribution in [2.45, 2.75) is 65.0 Å². The number of methoxy groups -OCH3 is 1. The molecule has 1 unspecified atom stereocenters. The third-order valence-corrected chi connectivity index (χ3v) is 5.65. The second-order valence-corrected chi connectivity index (χ2v) is 8.40. The van der Waals surface area contributed by atoms with Crippen molar-refractivity contribution >= 4 is 29.9 Å². The van der Waals surface area contributed by atoms with E-state index in [1.54, 1.807) is 7.11 Å². The molecule has 0 aromatic heterocycles. The Balaban J connectivity index is 0.00000480. The molecule has 1 saturated heterocycles. The number of benzene rings is 1. The standard InChI is InChI=1S/C24H42N4O2.HI/c1-6-25-24(26-14-11-20(4)21-7-9-23(29-5)10-8-21)27-22-12-15-28(16-13-22)17-18-30-19(2)3;/h7-10,19-20,22H,6,11-18H2,1-5H3,(H2,25,26,27);1H. The Bertz CT molecular complexity index is 617. The Kier molecular flexibility index (Phi) is 14.2. The van der Waals surface area contributed by atoms with E-state index in [0.717, 1.165) is 70.3 Å². The summed E-state index contributed by atoms with van der Waals surface area (Å²) in [5.74, 6) is 2.32. The fourth-order valence-electron chi connectivity index (χ4n) is 3.70. The number of ether oxygens (including phenoxy) is 2. The van der Waals surface area contributed by atoms with Crippen LogP contribution in [0.5, 0.6) is 5.75 Å². The summed E-state index contributed by atoms with van der Waals surface area (Å²) in [4.78, 5) is 7.33. The van der Waals surface area contributed by atoms with Gasteiger partial charge in [0, 0.05) is 38.8 Å². The summed E-state index contributed by atoms with van der Waals surface area (Å²) in [5, 5.41) is 7.05. The van der Waals surface area contributed by atoms with E-state index in [1.165, 1.54) is 5.56 Å². The van der Waals surface area contributed by atoms with Crippen molar-refractivity contribution in [3.63, 3.8) is 0 Å². The van der Waals surface area contributed by atoms with Gasteiger partial charge in [0.25, 0.3) is 0 Å². The number of piperidine rings is 1. The lowest BCUT2D eigenvalue weighted by molar-refractivity contribution is 0.0532. The fourth-order valence-corrected chi connectivity index (χ4v) is 3.70. The maximum absolute atomic E-state index is 5.68. The first-order valence-electron chi connectivity index (χ1n) is 11.5. The van der Waals surface area contributed by atoms with Gasteiger partial charge in [-0.15, -0.1) is 24.0 Å². The molecule has 0 spiro atoms. The molecule has 1 aliphatic heterocycles. The van der Waals surface area contributed by atoms with Crippen molar-refractivity contribution in [2.24, 2.45) is 4.99 Å². The van der Waals surface area contributed by atoms with Gasteiger partial charge in [-0.05, 0) is 63.6 Å². The third-order valence-electron chi connectivity index (χ3n) is 5.65. The van der Waals surface area contributed by atoms with Crippen LogP contribution in [0.1, 0.15) is 58.4 Å². The molecule has 2 rings (SSSR count). The summed E-state index contributed by atoms with van der Waals surface area (Å²) in [6.45, 7) is 14.4. The second-order valence-electron chi connectivity index (χ2n) is 8.40. The van der Waals surface area contributed by atoms with Crippen LogP contribution in [0, 0.1) is 0 Å². The zero-order valence-corrected chi connectivity index (χ0v) is 22.4. The molecule has 7 heteroatoms. The Morgan fingerprint density at radius 1 is 1.16 bits per heavy atom. The molecule has 0 bridgehead atoms. The highest BCUT2D eigenvalue weighted by atomic mass is 127. The number of halogens is 1. The van der Waals surface area contributed by atoms with Crippen LogP contribution in [-0.2, 0) is 4.74 Å². The fraction of sp³-hybridized carbons (Fsp3) is 0.708. The Labute approximate surface area is 206 Å². The highest BCUT2D eigenvalue weighted by molar-refractivity contribution is 14.0. The predicted octanol–water partition coefficient (Wildman–Crippen LogP) is 4.25. The van der Waals surface area contributed by atoms with Gasteiger partial charge in [0.15, 0.2) is 5.96 Å². The van der Waals surface area contributed by atoms with Crippen molar-refractivity contribution in [3.05, 3.63) is 29.8 Å². The average Bonchev–Trinajstić information content (AvgIpc) is 2.75. The van der Waals surface area contributed by atoms with Crippen molar-refractivity contribution in [1.82, 2.24) is 15.5 Å². The van der Waals surface area contributed by atoms with Gasteiger partial charge in [-0.1, -0.05) is 19.1 Å². The van der Waals surface area contributed by atoms with Gasteiger partial charge in [0.2, 0.25) is 0 Å². The lowest BCUT2D eigenvalue weighted by Gasteiger charge is -2.33. The normalized spacial score (nSPS) is 16.6. The number of hydrogen-bond acceptors (Lipinski definition) is 4. The Hall–Kier alpha value is -1.06. The molecule has 0 saturated carbocycles.